The smallest absolute Gasteiger partial charge is 0.410 e. The van der Waals surface area contributed by atoms with Crippen LogP contribution in [-0.4, -0.2) is 41.6 Å². The minimum atomic E-state index is -0.540. The molecule has 0 aromatic carbocycles. The molecular formula is C13H22N2O3. The van der Waals surface area contributed by atoms with Crippen molar-refractivity contribution in [3.63, 3.8) is 0 Å². The van der Waals surface area contributed by atoms with Crippen molar-refractivity contribution in [3.05, 3.63) is 12.7 Å². The van der Waals surface area contributed by atoms with E-state index in [1.165, 1.54) is 4.90 Å². The molecule has 1 heterocycles. The largest absolute Gasteiger partial charge is 0.444 e. The van der Waals surface area contributed by atoms with Gasteiger partial charge in [-0.25, -0.2) is 4.79 Å². The fourth-order valence-electron chi connectivity index (χ4n) is 1.87. The molecule has 0 spiro atoms. The number of amides is 2. The van der Waals surface area contributed by atoms with Gasteiger partial charge < -0.3 is 10.1 Å². The molecule has 1 N–H and O–H groups in total. The van der Waals surface area contributed by atoms with Crippen molar-refractivity contribution in [1.29, 1.82) is 0 Å². The molecule has 1 unspecified atom stereocenters. The number of hydrogen-bond donors (Lipinski definition) is 1. The van der Waals surface area contributed by atoms with E-state index in [2.05, 4.69) is 11.9 Å². The Balaban J connectivity index is 2.61. The average Bonchev–Trinajstić information content (AvgIpc) is 2.72. The molecule has 0 bridgehead atoms. The van der Waals surface area contributed by atoms with Crippen LogP contribution in [0.2, 0.25) is 0 Å². The van der Waals surface area contributed by atoms with E-state index in [-0.39, 0.29) is 5.91 Å². The first-order valence-corrected chi connectivity index (χ1v) is 6.23. The fraction of sp³-hybridized carbons (Fsp3) is 0.692. The highest BCUT2D eigenvalue weighted by Gasteiger charge is 2.36. The molecule has 0 radical (unpaired) electrons. The lowest BCUT2D eigenvalue weighted by Crippen LogP contribution is -2.47. The molecule has 2 amide bonds. The van der Waals surface area contributed by atoms with Crippen LogP contribution in [0.5, 0.6) is 0 Å². The summed E-state index contributed by atoms with van der Waals surface area (Å²) in [6, 6.07) is -0.417. The van der Waals surface area contributed by atoms with E-state index >= 15 is 0 Å². The predicted molar refractivity (Wildman–Crippen MR) is 69.2 cm³/mol. The Bertz CT molecular complexity index is 334. The van der Waals surface area contributed by atoms with Crippen LogP contribution in [0.15, 0.2) is 12.7 Å². The second-order valence-corrected chi connectivity index (χ2v) is 5.37. The highest BCUT2D eigenvalue weighted by atomic mass is 16.6. The second-order valence-electron chi connectivity index (χ2n) is 5.37. The first-order chi connectivity index (χ1) is 8.35. The fourth-order valence-corrected chi connectivity index (χ4v) is 1.87. The van der Waals surface area contributed by atoms with Crippen molar-refractivity contribution in [3.8, 4) is 0 Å². The summed E-state index contributed by atoms with van der Waals surface area (Å²) >= 11 is 0. The van der Waals surface area contributed by atoms with Gasteiger partial charge in [0.2, 0.25) is 5.91 Å². The Hall–Kier alpha value is -1.52. The average molecular weight is 254 g/mol. The maximum atomic E-state index is 12.0. The van der Waals surface area contributed by atoms with Crippen molar-refractivity contribution in [2.24, 2.45) is 0 Å². The number of hydrogen-bond acceptors (Lipinski definition) is 3. The molecular weight excluding hydrogens is 232 g/mol. The Morgan fingerprint density at radius 2 is 2.17 bits per heavy atom. The molecule has 0 aromatic rings. The minimum absolute atomic E-state index is 0.141. The zero-order valence-corrected chi connectivity index (χ0v) is 11.4. The van der Waals surface area contributed by atoms with Crippen LogP contribution >= 0.6 is 0 Å². The van der Waals surface area contributed by atoms with E-state index in [1.807, 2.05) is 20.8 Å². The molecule has 18 heavy (non-hydrogen) atoms. The van der Waals surface area contributed by atoms with Gasteiger partial charge in [0.1, 0.15) is 11.6 Å². The molecule has 1 fully saturated rings. The SMILES string of the molecule is C=CCNC(=O)C1CCCN1C(=O)OC(C)(C)C. The Morgan fingerprint density at radius 3 is 2.72 bits per heavy atom. The van der Waals surface area contributed by atoms with Crippen molar-refractivity contribution in [2.45, 2.75) is 45.3 Å². The van der Waals surface area contributed by atoms with Crippen LogP contribution in [0.25, 0.3) is 0 Å². The zero-order valence-electron chi connectivity index (χ0n) is 11.4. The molecule has 0 saturated carbocycles. The zero-order chi connectivity index (χ0) is 13.8. The summed E-state index contributed by atoms with van der Waals surface area (Å²) in [5.41, 5.74) is -0.540. The third kappa shape index (κ3) is 4.05. The van der Waals surface area contributed by atoms with Gasteiger partial charge in [-0.2, -0.15) is 0 Å². The molecule has 5 nitrogen and oxygen atoms in total. The van der Waals surface area contributed by atoms with Gasteiger partial charge in [0, 0.05) is 13.1 Å². The number of nitrogens with one attached hydrogen (secondary N) is 1. The van der Waals surface area contributed by atoms with Gasteiger partial charge in [-0.1, -0.05) is 6.08 Å². The number of likely N-dealkylation sites (tertiary alicyclic amines) is 1. The van der Waals surface area contributed by atoms with Crippen molar-refractivity contribution in [1.82, 2.24) is 10.2 Å². The summed E-state index contributed by atoms with van der Waals surface area (Å²) in [5, 5.41) is 2.72. The van der Waals surface area contributed by atoms with Gasteiger partial charge in [0.15, 0.2) is 0 Å². The van der Waals surface area contributed by atoms with E-state index in [0.29, 0.717) is 19.5 Å². The predicted octanol–water partition coefficient (Wildman–Crippen LogP) is 1.69. The highest BCUT2D eigenvalue weighted by Crippen LogP contribution is 2.20. The molecule has 0 aromatic heterocycles. The lowest BCUT2D eigenvalue weighted by molar-refractivity contribution is -0.125. The maximum absolute atomic E-state index is 12.0. The number of ether oxygens (including phenoxy) is 1. The summed E-state index contributed by atoms with van der Waals surface area (Å²) in [5.74, 6) is -0.141. The summed E-state index contributed by atoms with van der Waals surface area (Å²) in [6.07, 6.45) is 2.71. The van der Waals surface area contributed by atoms with Gasteiger partial charge in [-0.15, -0.1) is 6.58 Å². The van der Waals surface area contributed by atoms with E-state index in [4.69, 9.17) is 4.74 Å². The van der Waals surface area contributed by atoms with E-state index in [9.17, 15) is 9.59 Å². The highest BCUT2D eigenvalue weighted by molar-refractivity contribution is 5.86. The van der Waals surface area contributed by atoms with E-state index < -0.39 is 17.7 Å². The van der Waals surface area contributed by atoms with Gasteiger partial charge in [-0.3, -0.25) is 9.69 Å². The molecule has 1 rings (SSSR count). The Labute approximate surface area is 108 Å². The second kappa shape index (κ2) is 5.89. The molecule has 1 aliphatic heterocycles. The minimum Gasteiger partial charge on any atom is -0.444 e. The van der Waals surface area contributed by atoms with Crippen molar-refractivity contribution < 1.29 is 14.3 Å². The third-order valence-corrected chi connectivity index (χ3v) is 2.60. The lowest BCUT2D eigenvalue weighted by atomic mass is 10.2. The lowest BCUT2D eigenvalue weighted by Gasteiger charge is -2.27. The Morgan fingerprint density at radius 1 is 1.50 bits per heavy atom. The molecule has 0 aliphatic carbocycles. The monoisotopic (exact) mass is 254 g/mol. The summed E-state index contributed by atoms with van der Waals surface area (Å²) in [6.45, 7) is 9.97. The topological polar surface area (TPSA) is 58.6 Å². The van der Waals surface area contributed by atoms with Gasteiger partial charge in [0.05, 0.1) is 0 Å². The summed E-state index contributed by atoms with van der Waals surface area (Å²) in [7, 11) is 0. The number of carbonyl (C=O) groups excluding carboxylic acids is 2. The van der Waals surface area contributed by atoms with Gasteiger partial charge in [0.25, 0.3) is 0 Å². The number of carbonyl (C=O) groups is 2. The number of rotatable bonds is 3. The van der Waals surface area contributed by atoms with E-state index in [1.54, 1.807) is 6.08 Å². The standard InChI is InChI=1S/C13H22N2O3/c1-5-8-14-11(16)10-7-6-9-15(10)12(17)18-13(2,3)4/h5,10H,1,6-9H2,2-4H3,(H,14,16). The van der Waals surface area contributed by atoms with Crippen molar-refractivity contribution >= 4 is 12.0 Å². The first kappa shape index (κ1) is 14.5. The summed E-state index contributed by atoms with van der Waals surface area (Å²) in [4.78, 5) is 25.3. The first-order valence-electron chi connectivity index (χ1n) is 6.23. The summed E-state index contributed by atoms with van der Waals surface area (Å²) < 4.78 is 5.29. The van der Waals surface area contributed by atoms with Gasteiger partial charge >= 0.3 is 6.09 Å². The normalized spacial score (nSPS) is 19.5. The van der Waals surface area contributed by atoms with E-state index in [0.717, 1.165) is 6.42 Å². The molecule has 1 saturated heterocycles. The van der Waals surface area contributed by atoms with Crippen LogP contribution in [-0.2, 0) is 9.53 Å². The van der Waals surface area contributed by atoms with Crippen LogP contribution < -0.4 is 5.32 Å². The van der Waals surface area contributed by atoms with Crippen LogP contribution in [0, 0.1) is 0 Å². The molecule has 1 aliphatic rings. The van der Waals surface area contributed by atoms with Crippen LogP contribution in [0.3, 0.4) is 0 Å². The molecule has 1 atom stereocenters. The van der Waals surface area contributed by atoms with Crippen molar-refractivity contribution in [2.75, 3.05) is 13.1 Å². The molecule has 102 valence electrons. The Kier molecular flexibility index (Phi) is 4.76. The maximum Gasteiger partial charge on any atom is 0.410 e. The van der Waals surface area contributed by atoms with Crippen LogP contribution in [0.4, 0.5) is 4.79 Å². The molecule has 5 heteroatoms. The van der Waals surface area contributed by atoms with Gasteiger partial charge in [-0.05, 0) is 33.6 Å². The quantitative estimate of drug-likeness (QED) is 0.780. The number of nitrogens with zero attached hydrogens (tertiary/aromatic N) is 1. The van der Waals surface area contributed by atoms with Crippen LogP contribution in [0.1, 0.15) is 33.6 Å². The third-order valence-electron chi connectivity index (χ3n) is 2.60.